The van der Waals surface area contributed by atoms with E-state index in [2.05, 4.69) is 0 Å². The van der Waals surface area contributed by atoms with E-state index >= 15 is 0 Å². The third kappa shape index (κ3) is 3.70. The van der Waals surface area contributed by atoms with Gasteiger partial charge in [-0.2, -0.15) is 0 Å². The summed E-state index contributed by atoms with van der Waals surface area (Å²) in [6.07, 6.45) is 3.40. The van der Waals surface area contributed by atoms with Crippen LogP contribution in [0.25, 0.3) is 6.08 Å². The number of phenolic OH excluding ortho intramolecular Hbond substituents is 2. The van der Waals surface area contributed by atoms with Gasteiger partial charge in [-0.25, -0.2) is 0 Å². The van der Waals surface area contributed by atoms with Crippen LogP contribution in [0.2, 0.25) is 0 Å². The fourth-order valence-electron chi connectivity index (χ4n) is 2.00. The van der Waals surface area contributed by atoms with Crippen LogP contribution in [0.4, 0.5) is 0 Å². The number of carbonyl (C=O) groups is 1. The molecule has 4 nitrogen and oxygen atoms in total. The maximum atomic E-state index is 12.2. The Morgan fingerprint density at radius 3 is 2.52 bits per heavy atom. The van der Waals surface area contributed by atoms with Gasteiger partial charge in [0, 0.05) is 12.2 Å². The second-order valence-corrected chi connectivity index (χ2v) is 4.58. The number of phenols is 2. The van der Waals surface area contributed by atoms with Crippen molar-refractivity contribution in [3.63, 3.8) is 0 Å². The van der Waals surface area contributed by atoms with Crippen molar-refractivity contribution >= 4 is 11.9 Å². The molecule has 3 N–H and O–H groups in total. The summed E-state index contributed by atoms with van der Waals surface area (Å²) < 4.78 is 0. The molecule has 0 atom stereocenters. The van der Waals surface area contributed by atoms with Crippen molar-refractivity contribution in [3.05, 3.63) is 65.2 Å². The van der Waals surface area contributed by atoms with Gasteiger partial charge < -0.3 is 15.3 Å². The third-order valence-corrected chi connectivity index (χ3v) is 3.09. The highest BCUT2D eigenvalue weighted by molar-refractivity contribution is 6.07. The molecule has 2 aromatic rings. The van der Waals surface area contributed by atoms with Gasteiger partial charge in [0.25, 0.3) is 0 Å². The standard InChI is InChI=1S/C17H16O4/c18-10-9-13-3-1-2-4-14(13)15(19)7-5-12-6-8-16(20)17(21)11-12/h1-8,11,18,20-21H,9-10H2/b7-5+. The van der Waals surface area contributed by atoms with Crippen molar-refractivity contribution in [1.82, 2.24) is 0 Å². The lowest BCUT2D eigenvalue weighted by molar-refractivity contribution is 0.104. The second-order valence-electron chi connectivity index (χ2n) is 4.58. The van der Waals surface area contributed by atoms with Gasteiger partial charge in [0.15, 0.2) is 17.3 Å². The summed E-state index contributed by atoms with van der Waals surface area (Å²) in [6, 6.07) is 11.4. The molecular formula is C17H16O4. The van der Waals surface area contributed by atoms with Crippen molar-refractivity contribution in [1.29, 1.82) is 0 Å². The molecule has 0 radical (unpaired) electrons. The highest BCUT2D eigenvalue weighted by Gasteiger charge is 2.07. The molecule has 0 heterocycles. The molecule has 0 aliphatic heterocycles. The highest BCUT2D eigenvalue weighted by atomic mass is 16.3. The van der Waals surface area contributed by atoms with E-state index in [1.807, 2.05) is 12.1 Å². The van der Waals surface area contributed by atoms with Crippen molar-refractivity contribution < 1.29 is 20.1 Å². The highest BCUT2D eigenvalue weighted by Crippen LogP contribution is 2.25. The van der Waals surface area contributed by atoms with Crippen LogP contribution in [-0.2, 0) is 6.42 Å². The van der Waals surface area contributed by atoms with E-state index in [-0.39, 0.29) is 23.9 Å². The van der Waals surface area contributed by atoms with E-state index in [1.165, 1.54) is 18.2 Å². The van der Waals surface area contributed by atoms with Crippen molar-refractivity contribution in [2.45, 2.75) is 6.42 Å². The summed E-state index contributed by atoms with van der Waals surface area (Å²) in [4.78, 5) is 12.2. The predicted molar refractivity (Wildman–Crippen MR) is 80.4 cm³/mol. The number of allylic oxidation sites excluding steroid dienone is 1. The second kappa shape index (κ2) is 6.72. The average Bonchev–Trinajstić information content (AvgIpc) is 2.49. The SMILES string of the molecule is O=C(/C=C/c1ccc(O)c(O)c1)c1ccccc1CCO. The van der Waals surface area contributed by atoms with Crippen molar-refractivity contribution in [2.24, 2.45) is 0 Å². The van der Waals surface area contributed by atoms with Crippen LogP contribution < -0.4 is 0 Å². The lowest BCUT2D eigenvalue weighted by Gasteiger charge is -2.04. The van der Waals surface area contributed by atoms with Gasteiger partial charge in [-0.15, -0.1) is 0 Å². The Morgan fingerprint density at radius 1 is 1.05 bits per heavy atom. The average molecular weight is 284 g/mol. The van der Waals surface area contributed by atoms with Gasteiger partial charge in [0.05, 0.1) is 0 Å². The van der Waals surface area contributed by atoms with Crippen LogP contribution in [0, 0.1) is 0 Å². The van der Waals surface area contributed by atoms with Gasteiger partial charge in [-0.1, -0.05) is 36.4 Å². The van der Waals surface area contributed by atoms with E-state index in [1.54, 1.807) is 24.3 Å². The monoisotopic (exact) mass is 284 g/mol. The molecule has 0 saturated carbocycles. The molecule has 108 valence electrons. The van der Waals surface area contributed by atoms with Crippen LogP contribution in [0.15, 0.2) is 48.5 Å². The molecule has 0 amide bonds. The summed E-state index contributed by atoms with van der Waals surface area (Å²) in [5, 5.41) is 27.6. The first kappa shape index (κ1) is 14.8. The number of ketones is 1. The Kier molecular flexibility index (Phi) is 4.74. The molecule has 2 rings (SSSR count). The smallest absolute Gasteiger partial charge is 0.186 e. The lowest BCUT2D eigenvalue weighted by Crippen LogP contribution is -2.02. The molecular weight excluding hydrogens is 268 g/mol. The minimum Gasteiger partial charge on any atom is -0.504 e. The van der Waals surface area contributed by atoms with E-state index in [9.17, 15) is 15.0 Å². The molecule has 0 spiro atoms. The van der Waals surface area contributed by atoms with Crippen molar-refractivity contribution in [3.8, 4) is 11.5 Å². The van der Waals surface area contributed by atoms with Crippen LogP contribution in [-0.4, -0.2) is 27.7 Å². The lowest BCUT2D eigenvalue weighted by atomic mass is 10.0. The summed E-state index contributed by atoms with van der Waals surface area (Å²) in [7, 11) is 0. The maximum absolute atomic E-state index is 12.2. The number of aromatic hydroxyl groups is 2. The third-order valence-electron chi connectivity index (χ3n) is 3.09. The van der Waals surface area contributed by atoms with Gasteiger partial charge >= 0.3 is 0 Å². The number of carbonyl (C=O) groups excluding carboxylic acids is 1. The molecule has 21 heavy (non-hydrogen) atoms. The number of aliphatic hydroxyl groups is 1. The van der Waals surface area contributed by atoms with Crippen LogP contribution in [0.5, 0.6) is 11.5 Å². The quantitative estimate of drug-likeness (QED) is 0.448. The first-order valence-electron chi connectivity index (χ1n) is 6.55. The zero-order chi connectivity index (χ0) is 15.2. The van der Waals surface area contributed by atoms with Gasteiger partial charge in [-0.3, -0.25) is 4.79 Å². The summed E-state index contributed by atoms with van der Waals surface area (Å²) >= 11 is 0. The number of hydrogen-bond donors (Lipinski definition) is 3. The topological polar surface area (TPSA) is 77.8 Å². The molecule has 0 aromatic heterocycles. The largest absolute Gasteiger partial charge is 0.504 e. The van der Waals surface area contributed by atoms with Crippen LogP contribution >= 0.6 is 0 Å². The van der Waals surface area contributed by atoms with Gasteiger partial charge in [-0.05, 0) is 35.8 Å². The van der Waals surface area contributed by atoms with Crippen molar-refractivity contribution in [2.75, 3.05) is 6.61 Å². The molecule has 0 bridgehead atoms. The van der Waals surface area contributed by atoms with Crippen LogP contribution in [0.1, 0.15) is 21.5 Å². The number of rotatable bonds is 5. The van der Waals surface area contributed by atoms with E-state index in [0.29, 0.717) is 17.5 Å². The fourth-order valence-corrected chi connectivity index (χ4v) is 2.00. The predicted octanol–water partition coefficient (Wildman–Crippen LogP) is 2.53. The van der Waals surface area contributed by atoms with Gasteiger partial charge in [0.2, 0.25) is 0 Å². The molecule has 2 aromatic carbocycles. The first-order valence-corrected chi connectivity index (χ1v) is 6.55. The molecule has 0 aliphatic carbocycles. The molecule has 0 saturated heterocycles. The zero-order valence-electron chi connectivity index (χ0n) is 11.4. The fraction of sp³-hybridized carbons (Fsp3) is 0.118. The van der Waals surface area contributed by atoms with E-state index in [0.717, 1.165) is 5.56 Å². The van der Waals surface area contributed by atoms with E-state index in [4.69, 9.17) is 5.11 Å². The summed E-state index contributed by atoms with van der Waals surface area (Å²) in [5.74, 6) is -0.608. The Balaban J connectivity index is 2.21. The molecule has 0 fully saturated rings. The minimum atomic E-state index is -0.231. The Labute approximate surface area is 122 Å². The normalized spacial score (nSPS) is 10.9. The molecule has 4 heteroatoms. The van der Waals surface area contributed by atoms with Gasteiger partial charge in [0.1, 0.15) is 0 Å². The number of aliphatic hydroxyl groups excluding tert-OH is 1. The summed E-state index contributed by atoms with van der Waals surface area (Å²) in [5.41, 5.74) is 1.95. The first-order chi connectivity index (χ1) is 10.1. The Hall–Kier alpha value is -2.59. The minimum absolute atomic E-state index is 0.0140. The summed E-state index contributed by atoms with van der Waals surface area (Å²) in [6.45, 7) is -0.0140. The zero-order valence-corrected chi connectivity index (χ0v) is 11.4. The van der Waals surface area contributed by atoms with Crippen LogP contribution in [0.3, 0.4) is 0 Å². The molecule has 0 aliphatic rings. The Bertz CT molecular complexity index is 674. The Morgan fingerprint density at radius 2 is 1.81 bits per heavy atom. The number of benzene rings is 2. The van der Waals surface area contributed by atoms with E-state index < -0.39 is 0 Å². The molecule has 0 unspecified atom stereocenters. The number of hydrogen-bond acceptors (Lipinski definition) is 4. The maximum Gasteiger partial charge on any atom is 0.186 e.